The fourth-order valence-corrected chi connectivity index (χ4v) is 2.01. The van der Waals surface area contributed by atoms with Gasteiger partial charge < -0.3 is 15.9 Å². The number of aromatic nitrogens is 2. The minimum Gasteiger partial charge on any atom is -0.497 e. The van der Waals surface area contributed by atoms with Crippen molar-refractivity contribution in [2.24, 2.45) is 7.05 Å². The molecule has 0 saturated carbocycles. The highest BCUT2D eigenvalue weighted by Gasteiger charge is 2.13. The molecule has 21 heavy (non-hydrogen) atoms. The Morgan fingerprint density at radius 3 is 2.43 bits per heavy atom. The smallest absolute Gasteiger partial charge is 0.332 e. The van der Waals surface area contributed by atoms with Gasteiger partial charge in [-0.2, -0.15) is 0 Å². The summed E-state index contributed by atoms with van der Waals surface area (Å²) in [6.07, 6.45) is 0.863. The van der Waals surface area contributed by atoms with Crippen LogP contribution in [0.25, 0.3) is 0 Å². The molecular weight excluding hydrogens is 272 g/mol. The number of nitrogens with two attached hydrogens (primary N) is 1. The van der Waals surface area contributed by atoms with Gasteiger partial charge in [0.2, 0.25) is 0 Å². The fraction of sp³-hybridized carbons (Fsp3) is 0.214. The number of nitrogens with one attached hydrogen (secondary N) is 1. The first-order valence-corrected chi connectivity index (χ1v) is 6.22. The maximum atomic E-state index is 12.2. The number of nitrogens with zero attached hydrogens (tertiary/aromatic N) is 2. The van der Waals surface area contributed by atoms with E-state index in [9.17, 15) is 9.59 Å². The van der Waals surface area contributed by atoms with Crippen LogP contribution in [0.5, 0.6) is 5.75 Å². The third-order valence-corrected chi connectivity index (χ3v) is 3.26. The highest BCUT2D eigenvalue weighted by molar-refractivity contribution is 5.82. The molecule has 0 bridgehead atoms. The number of ether oxygens (including phenoxy) is 1. The van der Waals surface area contributed by atoms with Crippen LogP contribution in [-0.2, 0) is 13.6 Å². The summed E-state index contributed by atoms with van der Waals surface area (Å²) >= 11 is 0. The molecule has 1 aromatic heterocycles. The van der Waals surface area contributed by atoms with Gasteiger partial charge in [0.25, 0.3) is 5.56 Å². The van der Waals surface area contributed by atoms with E-state index in [2.05, 4.69) is 0 Å². The lowest BCUT2D eigenvalue weighted by Crippen LogP contribution is -2.41. The number of nitrogen functional groups attached to an aromatic ring is 1. The van der Waals surface area contributed by atoms with E-state index in [1.54, 1.807) is 31.4 Å². The van der Waals surface area contributed by atoms with Crippen molar-refractivity contribution in [3.8, 4) is 5.75 Å². The summed E-state index contributed by atoms with van der Waals surface area (Å²) < 4.78 is 7.28. The summed E-state index contributed by atoms with van der Waals surface area (Å²) in [5, 5.41) is 7.27. The Kier molecular flexibility index (Phi) is 3.93. The number of anilines is 1. The molecule has 1 aromatic carbocycles. The molecule has 1 heterocycles. The second kappa shape index (κ2) is 5.66. The summed E-state index contributed by atoms with van der Waals surface area (Å²) in [5.41, 5.74) is 5.59. The van der Waals surface area contributed by atoms with Crippen LogP contribution in [0.2, 0.25) is 0 Å². The third kappa shape index (κ3) is 2.58. The Bertz CT molecular complexity index is 788. The molecule has 0 fully saturated rings. The highest BCUT2D eigenvalue weighted by atomic mass is 16.5. The molecule has 0 spiro atoms. The van der Waals surface area contributed by atoms with Crippen molar-refractivity contribution in [3.05, 3.63) is 56.2 Å². The van der Waals surface area contributed by atoms with E-state index >= 15 is 0 Å². The Morgan fingerprint density at radius 2 is 1.90 bits per heavy atom. The van der Waals surface area contributed by atoms with Crippen molar-refractivity contribution in [3.63, 3.8) is 0 Å². The van der Waals surface area contributed by atoms with Crippen LogP contribution < -0.4 is 21.7 Å². The molecule has 3 N–H and O–H groups in total. The zero-order valence-electron chi connectivity index (χ0n) is 11.8. The van der Waals surface area contributed by atoms with Gasteiger partial charge in [-0.15, -0.1) is 0 Å². The van der Waals surface area contributed by atoms with Crippen LogP contribution in [0, 0.1) is 5.41 Å². The Morgan fingerprint density at radius 1 is 1.29 bits per heavy atom. The van der Waals surface area contributed by atoms with Gasteiger partial charge in [0.05, 0.1) is 19.2 Å². The van der Waals surface area contributed by atoms with Gasteiger partial charge in [0, 0.05) is 13.3 Å². The number of hydrogen-bond donors (Lipinski definition) is 2. The topological polar surface area (TPSA) is 103 Å². The fourth-order valence-electron chi connectivity index (χ4n) is 2.01. The Hall–Kier alpha value is -2.83. The van der Waals surface area contributed by atoms with Gasteiger partial charge in [-0.1, -0.05) is 12.1 Å². The highest BCUT2D eigenvalue weighted by Crippen LogP contribution is 2.13. The molecule has 0 unspecified atom stereocenters. The number of benzene rings is 1. The number of rotatable bonds is 4. The van der Waals surface area contributed by atoms with Gasteiger partial charge in [0.1, 0.15) is 11.6 Å². The van der Waals surface area contributed by atoms with Crippen LogP contribution in [0.4, 0.5) is 5.82 Å². The molecule has 0 aliphatic heterocycles. The molecule has 0 aliphatic carbocycles. The summed E-state index contributed by atoms with van der Waals surface area (Å²) in [6.45, 7) is 0.212. The first-order valence-electron chi connectivity index (χ1n) is 6.22. The summed E-state index contributed by atoms with van der Waals surface area (Å²) in [6, 6.07) is 7.16. The molecule has 0 amide bonds. The molecule has 0 aliphatic rings. The zero-order chi connectivity index (χ0) is 15.6. The quantitative estimate of drug-likeness (QED) is 0.783. The van der Waals surface area contributed by atoms with E-state index in [0.29, 0.717) is 5.75 Å². The van der Waals surface area contributed by atoms with Crippen LogP contribution in [0.15, 0.2) is 33.9 Å². The van der Waals surface area contributed by atoms with E-state index in [1.165, 1.54) is 11.6 Å². The van der Waals surface area contributed by atoms with E-state index < -0.39 is 11.2 Å². The molecule has 0 atom stereocenters. The normalized spacial score (nSPS) is 10.4. The van der Waals surface area contributed by atoms with Crippen molar-refractivity contribution >= 4 is 12.0 Å². The first-order chi connectivity index (χ1) is 9.99. The molecule has 7 nitrogen and oxygen atoms in total. The largest absolute Gasteiger partial charge is 0.497 e. The van der Waals surface area contributed by atoms with Gasteiger partial charge in [0.15, 0.2) is 0 Å². The summed E-state index contributed by atoms with van der Waals surface area (Å²) in [5.74, 6) is 0.702. The maximum Gasteiger partial charge on any atom is 0.332 e. The first kappa shape index (κ1) is 14.6. The molecule has 7 heteroatoms. The predicted octanol–water partition coefficient (Wildman–Crippen LogP) is 0.184. The molecular formula is C14H16N4O3. The van der Waals surface area contributed by atoms with Crippen molar-refractivity contribution in [2.45, 2.75) is 6.54 Å². The minimum absolute atomic E-state index is 0.00520. The van der Waals surface area contributed by atoms with E-state index in [1.807, 2.05) is 0 Å². The van der Waals surface area contributed by atoms with Crippen LogP contribution in [0.3, 0.4) is 0 Å². The monoisotopic (exact) mass is 288 g/mol. The molecule has 110 valence electrons. The van der Waals surface area contributed by atoms with Crippen LogP contribution in [0.1, 0.15) is 11.1 Å². The van der Waals surface area contributed by atoms with Gasteiger partial charge in [-0.25, -0.2) is 4.79 Å². The van der Waals surface area contributed by atoms with E-state index in [4.69, 9.17) is 15.9 Å². The number of hydrogen-bond acceptors (Lipinski definition) is 5. The lowest BCUT2D eigenvalue weighted by atomic mass is 10.2. The maximum absolute atomic E-state index is 12.2. The molecule has 2 rings (SSSR count). The molecule has 0 saturated heterocycles. The summed E-state index contributed by atoms with van der Waals surface area (Å²) in [7, 11) is 2.93. The van der Waals surface area contributed by atoms with Crippen molar-refractivity contribution < 1.29 is 4.74 Å². The lowest BCUT2D eigenvalue weighted by molar-refractivity contribution is 0.414. The van der Waals surface area contributed by atoms with Gasteiger partial charge in [-0.3, -0.25) is 13.9 Å². The third-order valence-electron chi connectivity index (χ3n) is 3.26. The van der Waals surface area contributed by atoms with Crippen molar-refractivity contribution in [2.75, 3.05) is 12.8 Å². The second-order valence-electron chi connectivity index (χ2n) is 4.52. The van der Waals surface area contributed by atoms with Gasteiger partial charge >= 0.3 is 5.69 Å². The minimum atomic E-state index is -0.571. The predicted molar refractivity (Wildman–Crippen MR) is 80.3 cm³/mol. The van der Waals surface area contributed by atoms with Gasteiger partial charge in [-0.05, 0) is 17.7 Å². The van der Waals surface area contributed by atoms with E-state index in [0.717, 1.165) is 16.3 Å². The second-order valence-corrected chi connectivity index (χ2v) is 4.52. The lowest BCUT2D eigenvalue weighted by Gasteiger charge is -2.13. The molecule has 0 radical (unpaired) electrons. The zero-order valence-corrected chi connectivity index (χ0v) is 11.8. The van der Waals surface area contributed by atoms with Crippen LogP contribution in [-0.4, -0.2) is 22.5 Å². The van der Waals surface area contributed by atoms with Crippen molar-refractivity contribution in [1.29, 1.82) is 5.41 Å². The van der Waals surface area contributed by atoms with Crippen LogP contribution >= 0.6 is 0 Å². The SMILES string of the molecule is COc1ccc(Cn2c(N)c(C=N)c(=O)n(C)c2=O)cc1. The average Bonchev–Trinajstić information content (AvgIpc) is 2.51. The number of methoxy groups -OCH3 is 1. The Balaban J connectivity index is 2.53. The Labute approximate surface area is 120 Å². The standard InChI is InChI=1S/C14H16N4O3/c1-17-13(19)11(7-15)12(16)18(14(17)20)8-9-3-5-10(21-2)6-4-9/h3-7,15H,8,16H2,1-2H3. The van der Waals surface area contributed by atoms with E-state index in [-0.39, 0.29) is 17.9 Å². The average molecular weight is 288 g/mol. The summed E-state index contributed by atoms with van der Waals surface area (Å²) in [4.78, 5) is 24.0. The molecule has 2 aromatic rings. The van der Waals surface area contributed by atoms with Crippen molar-refractivity contribution in [1.82, 2.24) is 9.13 Å².